The van der Waals surface area contributed by atoms with Gasteiger partial charge in [0, 0.05) is 25.9 Å². The highest BCUT2D eigenvalue weighted by Gasteiger charge is 2.37. The second-order valence-corrected chi connectivity index (χ2v) is 8.00. The summed E-state index contributed by atoms with van der Waals surface area (Å²) in [6, 6.07) is 0. The number of aryl methyl sites for hydroxylation is 1. The number of rotatable bonds is 3. The van der Waals surface area contributed by atoms with Crippen LogP contribution in [0, 0.1) is 6.92 Å². The van der Waals surface area contributed by atoms with Gasteiger partial charge in [-0.25, -0.2) is 12.7 Å². The Bertz CT molecular complexity index is 555. The first-order valence-corrected chi connectivity index (χ1v) is 8.86. The maximum Gasteiger partial charge on any atom is 0.219 e. The predicted molar refractivity (Wildman–Crippen MR) is 73.8 cm³/mol. The molecular weight excluding hydrogens is 278 g/mol. The summed E-state index contributed by atoms with van der Waals surface area (Å²) in [7, 11) is -3.10. The minimum atomic E-state index is -3.10. The van der Waals surface area contributed by atoms with E-state index in [1.165, 1.54) is 0 Å². The van der Waals surface area contributed by atoms with Crippen LogP contribution < -0.4 is 0 Å². The number of hydrogen-bond acceptors (Lipinski definition) is 5. The molecule has 2 heterocycles. The summed E-state index contributed by atoms with van der Waals surface area (Å²) in [6.45, 7) is 2.92. The molecule has 1 aliphatic heterocycles. The number of nitrogens with zero attached hydrogens (tertiary/aromatic N) is 3. The fraction of sp³-hybridized carbons (Fsp3) is 0.846. The second kappa shape index (κ2) is 5.44. The van der Waals surface area contributed by atoms with Gasteiger partial charge in [-0.1, -0.05) is 12.8 Å². The first-order valence-electron chi connectivity index (χ1n) is 7.36. The van der Waals surface area contributed by atoms with Gasteiger partial charge >= 0.3 is 0 Å². The highest BCUT2D eigenvalue weighted by atomic mass is 32.2. The Morgan fingerprint density at radius 3 is 2.30 bits per heavy atom. The van der Waals surface area contributed by atoms with Gasteiger partial charge in [0.1, 0.15) is 0 Å². The molecule has 1 aromatic heterocycles. The van der Waals surface area contributed by atoms with E-state index >= 15 is 0 Å². The molecule has 0 bridgehead atoms. The van der Waals surface area contributed by atoms with Crippen molar-refractivity contribution in [3.63, 3.8) is 0 Å². The molecule has 112 valence electrons. The summed E-state index contributed by atoms with van der Waals surface area (Å²) in [6.07, 6.45) is 5.28. The van der Waals surface area contributed by atoms with Crippen LogP contribution in [0.15, 0.2) is 4.42 Å². The van der Waals surface area contributed by atoms with Crippen LogP contribution in [0.5, 0.6) is 0 Å². The summed E-state index contributed by atoms with van der Waals surface area (Å²) >= 11 is 0. The topological polar surface area (TPSA) is 76.3 Å². The molecular formula is C13H21N3O3S. The molecule has 0 spiro atoms. The van der Waals surface area contributed by atoms with Gasteiger partial charge in [-0.15, -0.1) is 10.2 Å². The molecule has 7 heteroatoms. The van der Waals surface area contributed by atoms with Crippen molar-refractivity contribution in [2.45, 2.75) is 56.6 Å². The zero-order chi connectivity index (χ0) is 14.2. The van der Waals surface area contributed by atoms with Crippen molar-refractivity contribution >= 4 is 10.0 Å². The summed E-state index contributed by atoms with van der Waals surface area (Å²) in [5.74, 6) is 1.42. The van der Waals surface area contributed by atoms with Crippen molar-refractivity contribution in [1.29, 1.82) is 0 Å². The van der Waals surface area contributed by atoms with Gasteiger partial charge in [-0.05, 0) is 25.7 Å². The van der Waals surface area contributed by atoms with Crippen molar-refractivity contribution in [3.05, 3.63) is 11.8 Å². The molecule has 0 unspecified atom stereocenters. The van der Waals surface area contributed by atoms with E-state index < -0.39 is 10.0 Å². The molecule has 1 saturated heterocycles. The van der Waals surface area contributed by atoms with Crippen molar-refractivity contribution in [2.24, 2.45) is 0 Å². The molecule has 0 amide bonds. The van der Waals surface area contributed by atoms with Gasteiger partial charge in [-0.3, -0.25) is 0 Å². The minimum Gasteiger partial charge on any atom is -0.425 e. The van der Waals surface area contributed by atoms with Gasteiger partial charge in [0.05, 0.1) is 5.25 Å². The molecule has 0 aromatic carbocycles. The minimum absolute atomic E-state index is 0.148. The van der Waals surface area contributed by atoms with Crippen molar-refractivity contribution in [2.75, 3.05) is 13.1 Å². The number of aromatic nitrogens is 2. The van der Waals surface area contributed by atoms with E-state index in [9.17, 15) is 8.42 Å². The number of piperidine rings is 1. The van der Waals surface area contributed by atoms with Crippen molar-refractivity contribution in [1.82, 2.24) is 14.5 Å². The van der Waals surface area contributed by atoms with Crippen LogP contribution in [-0.4, -0.2) is 41.3 Å². The van der Waals surface area contributed by atoms with E-state index in [0.717, 1.165) is 38.5 Å². The van der Waals surface area contributed by atoms with Gasteiger partial charge < -0.3 is 4.42 Å². The van der Waals surface area contributed by atoms with Gasteiger partial charge in [0.2, 0.25) is 21.8 Å². The summed E-state index contributed by atoms with van der Waals surface area (Å²) in [5.41, 5.74) is 0. The summed E-state index contributed by atoms with van der Waals surface area (Å²) in [5, 5.41) is 7.75. The largest absolute Gasteiger partial charge is 0.425 e. The van der Waals surface area contributed by atoms with Gasteiger partial charge in [-0.2, -0.15) is 0 Å². The molecule has 2 fully saturated rings. The van der Waals surface area contributed by atoms with Crippen LogP contribution in [-0.2, 0) is 10.0 Å². The zero-order valence-corrected chi connectivity index (χ0v) is 12.6. The Morgan fingerprint density at radius 2 is 1.75 bits per heavy atom. The Hall–Kier alpha value is -0.950. The molecule has 3 rings (SSSR count). The maximum absolute atomic E-state index is 12.5. The Labute approximate surface area is 119 Å². The molecule has 1 aromatic rings. The van der Waals surface area contributed by atoms with E-state index in [4.69, 9.17) is 4.42 Å². The van der Waals surface area contributed by atoms with Crippen LogP contribution >= 0.6 is 0 Å². The molecule has 0 N–H and O–H groups in total. The lowest BCUT2D eigenvalue weighted by atomic mass is 9.98. The maximum atomic E-state index is 12.5. The summed E-state index contributed by atoms with van der Waals surface area (Å²) in [4.78, 5) is 0. The van der Waals surface area contributed by atoms with E-state index in [0.29, 0.717) is 24.9 Å². The van der Waals surface area contributed by atoms with Crippen LogP contribution in [0.25, 0.3) is 0 Å². The second-order valence-electron chi connectivity index (χ2n) is 5.78. The lowest BCUT2D eigenvalue weighted by Crippen LogP contribution is -2.42. The molecule has 0 atom stereocenters. The number of hydrogen-bond donors (Lipinski definition) is 0. The first-order chi connectivity index (χ1) is 9.57. The highest BCUT2D eigenvalue weighted by molar-refractivity contribution is 7.89. The van der Waals surface area contributed by atoms with Gasteiger partial charge in [0.25, 0.3) is 0 Å². The quantitative estimate of drug-likeness (QED) is 0.851. The molecule has 20 heavy (non-hydrogen) atoms. The molecule has 6 nitrogen and oxygen atoms in total. The first kappa shape index (κ1) is 14.0. The van der Waals surface area contributed by atoms with Crippen LogP contribution in [0.3, 0.4) is 0 Å². The van der Waals surface area contributed by atoms with Crippen LogP contribution in [0.1, 0.15) is 56.2 Å². The average molecular weight is 299 g/mol. The lowest BCUT2D eigenvalue weighted by Gasteiger charge is -2.31. The normalized spacial score (nSPS) is 23.4. The number of sulfonamides is 1. The molecule has 2 aliphatic rings. The zero-order valence-electron chi connectivity index (χ0n) is 11.8. The smallest absolute Gasteiger partial charge is 0.219 e. The standard InChI is InChI=1S/C13H21N3O3S/c1-10-14-15-13(19-10)11-6-8-16(9-7-11)20(17,18)12-4-2-3-5-12/h11-12H,2-9H2,1H3. The SMILES string of the molecule is Cc1nnc(C2CCN(S(=O)(=O)C3CCCC3)CC2)o1. The molecule has 1 saturated carbocycles. The Balaban J connectivity index is 1.63. The Kier molecular flexibility index (Phi) is 3.81. The third-order valence-corrected chi connectivity index (χ3v) is 6.83. The van der Waals surface area contributed by atoms with Crippen LogP contribution in [0.4, 0.5) is 0 Å². The van der Waals surface area contributed by atoms with Gasteiger partial charge in [0.15, 0.2) is 0 Å². The van der Waals surface area contributed by atoms with Crippen molar-refractivity contribution < 1.29 is 12.8 Å². The monoisotopic (exact) mass is 299 g/mol. The molecule has 0 radical (unpaired) electrons. The van der Waals surface area contributed by atoms with Crippen LogP contribution in [0.2, 0.25) is 0 Å². The Morgan fingerprint density at radius 1 is 1.10 bits per heavy atom. The van der Waals surface area contributed by atoms with E-state index in [-0.39, 0.29) is 11.2 Å². The third kappa shape index (κ3) is 2.61. The lowest BCUT2D eigenvalue weighted by molar-refractivity contribution is 0.285. The fourth-order valence-corrected chi connectivity index (χ4v) is 5.30. The fourth-order valence-electron chi connectivity index (χ4n) is 3.23. The highest BCUT2D eigenvalue weighted by Crippen LogP contribution is 2.32. The molecule has 1 aliphatic carbocycles. The van der Waals surface area contributed by atoms with E-state index in [2.05, 4.69) is 10.2 Å². The summed E-state index contributed by atoms with van der Waals surface area (Å²) < 4.78 is 32.1. The average Bonchev–Trinajstić information content (AvgIpc) is 3.10. The predicted octanol–water partition coefficient (Wildman–Crippen LogP) is 1.83. The van der Waals surface area contributed by atoms with E-state index in [1.807, 2.05) is 0 Å². The van der Waals surface area contributed by atoms with Crippen molar-refractivity contribution in [3.8, 4) is 0 Å². The third-order valence-electron chi connectivity index (χ3n) is 4.43. The van der Waals surface area contributed by atoms with E-state index in [1.54, 1.807) is 11.2 Å².